The molecule has 20 heavy (non-hydrogen) atoms. The first-order valence-electron chi connectivity index (χ1n) is 8.11. The molecule has 0 spiro atoms. The van der Waals surface area contributed by atoms with E-state index in [9.17, 15) is 0 Å². The number of methoxy groups -OCH3 is 1. The van der Waals surface area contributed by atoms with E-state index in [4.69, 9.17) is 9.47 Å². The van der Waals surface area contributed by atoms with Gasteiger partial charge in [0.05, 0.1) is 18.8 Å². The Bertz CT molecular complexity index is 341. The molecule has 0 aromatic heterocycles. The van der Waals surface area contributed by atoms with Crippen molar-refractivity contribution in [3.63, 3.8) is 0 Å². The van der Waals surface area contributed by atoms with Crippen LogP contribution < -0.4 is 5.32 Å². The zero-order valence-corrected chi connectivity index (χ0v) is 12.6. The Hall–Kier alpha value is -0.420. The standard InChI is InChI=1S/C16H28N2O2/c1-19-12-13-6-8-18(9-7-13)11-16-5-4-15(20-16)10-17-14-2-3-14/h6,14-17H,2-5,7-12H2,1H3. The van der Waals surface area contributed by atoms with Crippen LogP contribution >= 0.6 is 0 Å². The lowest BCUT2D eigenvalue weighted by Gasteiger charge is -2.28. The molecule has 0 amide bonds. The quantitative estimate of drug-likeness (QED) is 0.718. The minimum atomic E-state index is 0.443. The predicted octanol–water partition coefficient (Wildman–Crippen LogP) is 1.56. The highest BCUT2D eigenvalue weighted by Crippen LogP contribution is 2.23. The van der Waals surface area contributed by atoms with Crippen molar-refractivity contribution in [1.29, 1.82) is 0 Å². The van der Waals surface area contributed by atoms with Gasteiger partial charge < -0.3 is 14.8 Å². The predicted molar refractivity (Wildman–Crippen MR) is 79.9 cm³/mol. The van der Waals surface area contributed by atoms with Gasteiger partial charge in [0.2, 0.25) is 0 Å². The topological polar surface area (TPSA) is 33.7 Å². The highest BCUT2D eigenvalue weighted by molar-refractivity contribution is 5.07. The first-order chi connectivity index (χ1) is 9.83. The Morgan fingerprint density at radius 3 is 2.85 bits per heavy atom. The molecular weight excluding hydrogens is 252 g/mol. The Balaban J connectivity index is 1.34. The Morgan fingerprint density at radius 2 is 2.15 bits per heavy atom. The Labute approximate surface area is 122 Å². The Kier molecular flexibility index (Phi) is 5.10. The van der Waals surface area contributed by atoms with Crippen LogP contribution in [0.15, 0.2) is 11.6 Å². The van der Waals surface area contributed by atoms with Crippen molar-refractivity contribution in [1.82, 2.24) is 10.2 Å². The Morgan fingerprint density at radius 1 is 1.30 bits per heavy atom. The highest BCUT2D eigenvalue weighted by Gasteiger charge is 2.29. The number of rotatable bonds is 7. The van der Waals surface area contributed by atoms with Crippen LogP contribution in [-0.4, -0.2) is 63.0 Å². The summed E-state index contributed by atoms with van der Waals surface area (Å²) >= 11 is 0. The van der Waals surface area contributed by atoms with Crippen LogP contribution in [0.2, 0.25) is 0 Å². The fourth-order valence-electron chi connectivity index (χ4n) is 3.17. The lowest BCUT2D eigenvalue weighted by atomic mass is 10.1. The van der Waals surface area contributed by atoms with Gasteiger partial charge in [-0.1, -0.05) is 6.08 Å². The van der Waals surface area contributed by atoms with E-state index in [1.807, 2.05) is 0 Å². The molecule has 1 saturated carbocycles. The summed E-state index contributed by atoms with van der Waals surface area (Å²) in [6.45, 7) is 5.15. The van der Waals surface area contributed by atoms with E-state index in [2.05, 4.69) is 16.3 Å². The summed E-state index contributed by atoms with van der Waals surface area (Å²) in [7, 11) is 1.77. The molecule has 3 rings (SSSR count). The fourth-order valence-corrected chi connectivity index (χ4v) is 3.17. The van der Waals surface area contributed by atoms with E-state index in [0.29, 0.717) is 12.2 Å². The molecule has 2 heterocycles. The molecular formula is C16H28N2O2. The second-order valence-electron chi connectivity index (χ2n) is 6.44. The molecule has 2 unspecified atom stereocenters. The maximum absolute atomic E-state index is 6.17. The van der Waals surface area contributed by atoms with Gasteiger partial charge in [0.1, 0.15) is 0 Å². The van der Waals surface area contributed by atoms with E-state index in [1.54, 1.807) is 7.11 Å². The van der Waals surface area contributed by atoms with E-state index in [-0.39, 0.29) is 0 Å². The number of hydrogen-bond donors (Lipinski definition) is 1. The van der Waals surface area contributed by atoms with Crippen molar-refractivity contribution in [2.45, 2.75) is 50.4 Å². The van der Waals surface area contributed by atoms with Gasteiger partial charge in [-0.2, -0.15) is 0 Å². The van der Waals surface area contributed by atoms with Crippen LogP contribution in [0.25, 0.3) is 0 Å². The summed E-state index contributed by atoms with van der Waals surface area (Å²) in [6.07, 6.45) is 9.54. The van der Waals surface area contributed by atoms with Gasteiger partial charge in [0.25, 0.3) is 0 Å². The summed E-state index contributed by atoms with van der Waals surface area (Å²) < 4.78 is 11.4. The minimum Gasteiger partial charge on any atom is -0.380 e. The molecule has 4 heteroatoms. The van der Waals surface area contributed by atoms with Crippen molar-refractivity contribution in [3.05, 3.63) is 11.6 Å². The summed E-state index contributed by atoms with van der Waals surface area (Å²) in [6, 6.07) is 0.795. The molecule has 114 valence electrons. The van der Waals surface area contributed by atoms with Gasteiger partial charge in [-0.25, -0.2) is 0 Å². The molecule has 0 aromatic rings. The van der Waals surface area contributed by atoms with Gasteiger partial charge in [-0.3, -0.25) is 4.90 Å². The minimum absolute atomic E-state index is 0.443. The molecule has 1 saturated heterocycles. The molecule has 2 aliphatic heterocycles. The van der Waals surface area contributed by atoms with Crippen molar-refractivity contribution in [2.75, 3.05) is 39.9 Å². The number of hydrogen-bond acceptors (Lipinski definition) is 4. The summed E-state index contributed by atoms with van der Waals surface area (Å²) in [5.41, 5.74) is 1.45. The van der Waals surface area contributed by atoms with Crippen molar-refractivity contribution >= 4 is 0 Å². The normalized spacial score (nSPS) is 31.6. The van der Waals surface area contributed by atoms with Gasteiger partial charge in [-0.15, -0.1) is 0 Å². The second-order valence-corrected chi connectivity index (χ2v) is 6.44. The van der Waals surface area contributed by atoms with Gasteiger partial charge in [-0.05, 0) is 37.7 Å². The van der Waals surface area contributed by atoms with Crippen molar-refractivity contribution in [2.24, 2.45) is 0 Å². The smallest absolute Gasteiger partial charge is 0.0707 e. The third kappa shape index (κ3) is 4.29. The van der Waals surface area contributed by atoms with Gasteiger partial charge in [0.15, 0.2) is 0 Å². The molecule has 2 atom stereocenters. The molecule has 0 radical (unpaired) electrons. The van der Waals surface area contributed by atoms with Crippen LogP contribution in [0.3, 0.4) is 0 Å². The van der Waals surface area contributed by atoms with E-state index < -0.39 is 0 Å². The molecule has 4 nitrogen and oxygen atoms in total. The zero-order valence-electron chi connectivity index (χ0n) is 12.6. The molecule has 1 aliphatic carbocycles. The summed E-state index contributed by atoms with van der Waals surface area (Å²) in [5.74, 6) is 0. The average molecular weight is 280 g/mol. The molecule has 1 N–H and O–H groups in total. The first kappa shape index (κ1) is 14.5. The summed E-state index contributed by atoms with van der Waals surface area (Å²) in [4.78, 5) is 2.51. The lowest BCUT2D eigenvalue weighted by molar-refractivity contribution is 0.0244. The van der Waals surface area contributed by atoms with Gasteiger partial charge in [0, 0.05) is 39.3 Å². The van der Waals surface area contributed by atoms with Crippen molar-refractivity contribution in [3.8, 4) is 0 Å². The SMILES string of the molecule is COCC1=CCN(CC2CCC(CNC3CC3)O2)CC1. The molecule has 0 bridgehead atoms. The van der Waals surface area contributed by atoms with Crippen molar-refractivity contribution < 1.29 is 9.47 Å². The lowest BCUT2D eigenvalue weighted by Crippen LogP contribution is -2.37. The second kappa shape index (κ2) is 7.03. The third-order valence-corrected chi connectivity index (χ3v) is 4.59. The average Bonchev–Trinajstić information content (AvgIpc) is 3.19. The van der Waals surface area contributed by atoms with E-state index in [0.717, 1.165) is 45.2 Å². The monoisotopic (exact) mass is 280 g/mol. The van der Waals surface area contributed by atoms with Crippen LogP contribution in [0.4, 0.5) is 0 Å². The maximum atomic E-state index is 6.17. The molecule has 0 aromatic carbocycles. The van der Waals surface area contributed by atoms with Gasteiger partial charge >= 0.3 is 0 Å². The number of nitrogens with one attached hydrogen (secondary N) is 1. The van der Waals surface area contributed by atoms with E-state index >= 15 is 0 Å². The fraction of sp³-hybridized carbons (Fsp3) is 0.875. The highest BCUT2D eigenvalue weighted by atomic mass is 16.5. The zero-order chi connectivity index (χ0) is 13.8. The molecule has 2 fully saturated rings. The van der Waals surface area contributed by atoms with E-state index in [1.165, 1.54) is 31.3 Å². The van der Waals surface area contributed by atoms with Crippen LogP contribution in [0, 0.1) is 0 Å². The van der Waals surface area contributed by atoms with Crippen LogP contribution in [-0.2, 0) is 9.47 Å². The largest absolute Gasteiger partial charge is 0.380 e. The number of ether oxygens (including phenoxy) is 2. The first-order valence-corrected chi connectivity index (χ1v) is 8.11. The van der Waals surface area contributed by atoms with Crippen LogP contribution in [0.1, 0.15) is 32.1 Å². The van der Waals surface area contributed by atoms with Crippen LogP contribution in [0.5, 0.6) is 0 Å². The molecule has 3 aliphatic rings. The number of nitrogens with zero attached hydrogens (tertiary/aromatic N) is 1. The summed E-state index contributed by atoms with van der Waals surface area (Å²) in [5, 5.41) is 3.58. The third-order valence-electron chi connectivity index (χ3n) is 4.59. The maximum Gasteiger partial charge on any atom is 0.0707 e.